The number of nitrogen functional groups attached to an aromatic ring is 1. The SMILES string of the molecule is Cc1sc(C(=O)NC(c2cccs2)C(C)C)cc1N. The molecule has 1 unspecified atom stereocenters. The molecule has 102 valence electrons. The van der Waals surface area contributed by atoms with Gasteiger partial charge in [0.15, 0.2) is 0 Å². The molecule has 0 spiro atoms. The van der Waals surface area contributed by atoms with E-state index < -0.39 is 0 Å². The monoisotopic (exact) mass is 294 g/mol. The van der Waals surface area contributed by atoms with E-state index in [1.54, 1.807) is 17.4 Å². The molecule has 0 radical (unpaired) electrons. The molecule has 2 rings (SSSR count). The van der Waals surface area contributed by atoms with E-state index in [0.29, 0.717) is 16.5 Å². The van der Waals surface area contributed by atoms with Crippen molar-refractivity contribution >= 4 is 34.3 Å². The van der Waals surface area contributed by atoms with Gasteiger partial charge in [-0.3, -0.25) is 4.79 Å². The van der Waals surface area contributed by atoms with E-state index in [0.717, 1.165) is 4.88 Å². The highest BCUT2D eigenvalue weighted by atomic mass is 32.1. The fraction of sp³-hybridized carbons (Fsp3) is 0.357. The Kier molecular flexibility index (Phi) is 4.27. The molecule has 2 aromatic heterocycles. The van der Waals surface area contributed by atoms with Gasteiger partial charge in [-0.1, -0.05) is 19.9 Å². The van der Waals surface area contributed by atoms with Crippen molar-refractivity contribution < 1.29 is 4.79 Å². The highest BCUT2D eigenvalue weighted by molar-refractivity contribution is 7.14. The lowest BCUT2D eigenvalue weighted by Crippen LogP contribution is -2.30. The van der Waals surface area contributed by atoms with Gasteiger partial charge in [0.1, 0.15) is 0 Å². The maximum absolute atomic E-state index is 12.3. The van der Waals surface area contributed by atoms with Crippen LogP contribution in [0.1, 0.15) is 39.3 Å². The van der Waals surface area contributed by atoms with Gasteiger partial charge in [0, 0.05) is 15.4 Å². The van der Waals surface area contributed by atoms with Crippen molar-refractivity contribution in [1.29, 1.82) is 0 Å². The van der Waals surface area contributed by atoms with Crippen LogP contribution in [0.2, 0.25) is 0 Å². The minimum atomic E-state index is -0.0445. The molecular weight excluding hydrogens is 276 g/mol. The lowest BCUT2D eigenvalue weighted by atomic mass is 10.0. The summed E-state index contributed by atoms with van der Waals surface area (Å²) in [6, 6.07) is 5.87. The van der Waals surface area contributed by atoms with Crippen molar-refractivity contribution in [3.63, 3.8) is 0 Å². The first-order chi connectivity index (χ1) is 8.99. The Labute approximate surface area is 121 Å². The molecule has 2 heterocycles. The molecule has 0 saturated carbocycles. The molecule has 19 heavy (non-hydrogen) atoms. The van der Waals surface area contributed by atoms with Crippen molar-refractivity contribution in [2.45, 2.75) is 26.8 Å². The molecule has 1 atom stereocenters. The summed E-state index contributed by atoms with van der Waals surface area (Å²) in [7, 11) is 0. The predicted octanol–water partition coefficient (Wildman–Crippen LogP) is 3.83. The van der Waals surface area contributed by atoms with Crippen molar-refractivity contribution in [3.8, 4) is 0 Å². The van der Waals surface area contributed by atoms with Crippen molar-refractivity contribution in [2.24, 2.45) is 5.92 Å². The highest BCUT2D eigenvalue weighted by Crippen LogP contribution is 2.28. The van der Waals surface area contributed by atoms with Crippen LogP contribution in [0.4, 0.5) is 5.69 Å². The average molecular weight is 294 g/mol. The summed E-state index contributed by atoms with van der Waals surface area (Å²) in [6.45, 7) is 6.15. The lowest BCUT2D eigenvalue weighted by molar-refractivity contribution is 0.0930. The third kappa shape index (κ3) is 3.16. The van der Waals surface area contributed by atoms with Gasteiger partial charge in [-0.2, -0.15) is 0 Å². The first kappa shape index (κ1) is 14.1. The molecule has 0 fully saturated rings. The van der Waals surface area contributed by atoms with Gasteiger partial charge in [0.2, 0.25) is 0 Å². The number of carbonyl (C=O) groups is 1. The maximum Gasteiger partial charge on any atom is 0.261 e. The van der Waals surface area contributed by atoms with Crippen LogP contribution >= 0.6 is 22.7 Å². The number of aryl methyl sites for hydroxylation is 1. The van der Waals surface area contributed by atoms with E-state index in [1.165, 1.54) is 16.2 Å². The highest BCUT2D eigenvalue weighted by Gasteiger charge is 2.21. The van der Waals surface area contributed by atoms with Crippen LogP contribution in [0.5, 0.6) is 0 Å². The summed E-state index contributed by atoms with van der Waals surface area (Å²) >= 11 is 3.11. The number of nitrogens with two attached hydrogens (primary N) is 1. The summed E-state index contributed by atoms with van der Waals surface area (Å²) in [5.41, 5.74) is 6.48. The van der Waals surface area contributed by atoms with Crippen LogP contribution in [0.3, 0.4) is 0 Å². The fourth-order valence-corrected chi connectivity index (χ4v) is 3.65. The number of nitrogens with one attached hydrogen (secondary N) is 1. The third-order valence-corrected chi connectivity index (χ3v) is 5.00. The minimum absolute atomic E-state index is 0.0445. The topological polar surface area (TPSA) is 55.1 Å². The minimum Gasteiger partial charge on any atom is -0.398 e. The number of hydrogen-bond donors (Lipinski definition) is 2. The second-order valence-electron chi connectivity index (χ2n) is 4.83. The fourth-order valence-electron chi connectivity index (χ4n) is 1.86. The number of hydrogen-bond acceptors (Lipinski definition) is 4. The van der Waals surface area contributed by atoms with Crippen LogP contribution in [0.25, 0.3) is 0 Å². The lowest BCUT2D eigenvalue weighted by Gasteiger charge is -2.20. The van der Waals surface area contributed by atoms with E-state index in [9.17, 15) is 4.79 Å². The molecule has 0 saturated heterocycles. The molecule has 3 nitrogen and oxygen atoms in total. The average Bonchev–Trinajstić information content (AvgIpc) is 2.97. The summed E-state index contributed by atoms with van der Waals surface area (Å²) in [5, 5.41) is 5.13. The zero-order valence-electron chi connectivity index (χ0n) is 11.3. The predicted molar refractivity (Wildman–Crippen MR) is 82.8 cm³/mol. The smallest absolute Gasteiger partial charge is 0.261 e. The maximum atomic E-state index is 12.3. The van der Waals surface area contributed by atoms with Crippen LogP contribution in [0.15, 0.2) is 23.6 Å². The first-order valence-corrected chi connectivity index (χ1v) is 7.89. The zero-order chi connectivity index (χ0) is 14.0. The Hall–Kier alpha value is -1.33. The Morgan fingerprint density at radius 1 is 1.42 bits per heavy atom. The zero-order valence-corrected chi connectivity index (χ0v) is 12.9. The number of amides is 1. The Balaban J connectivity index is 2.16. The van der Waals surface area contributed by atoms with E-state index in [2.05, 4.69) is 25.2 Å². The normalized spacial score (nSPS) is 12.6. The van der Waals surface area contributed by atoms with Crippen LogP contribution in [-0.4, -0.2) is 5.91 Å². The van der Waals surface area contributed by atoms with E-state index in [1.807, 2.05) is 18.4 Å². The van der Waals surface area contributed by atoms with Gasteiger partial charge in [-0.15, -0.1) is 22.7 Å². The molecule has 0 aliphatic heterocycles. The number of carbonyl (C=O) groups excluding carboxylic acids is 1. The van der Waals surface area contributed by atoms with Crippen molar-refractivity contribution in [1.82, 2.24) is 5.32 Å². The molecule has 0 aliphatic carbocycles. The Morgan fingerprint density at radius 2 is 2.16 bits per heavy atom. The summed E-state index contributed by atoms with van der Waals surface area (Å²) < 4.78 is 0. The van der Waals surface area contributed by atoms with E-state index >= 15 is 0 Å². The van der Waals surface area contributed by atoms with Gasteiger partial charge in [0.05, 0.1) is 10.9 Å². The van der Waals surface area contributed by atoms with Crippen LogP contribution in [0, 0.1) is 12.8 Å². The van der Waals surface area contributed by atoms with Gasteiger partial charge in [-0.25, -0.2) is 0 Å². The molecule has 1 amide bonds. The van der Waals surface area contributed by atoms with Crippen molar-refractivity contribution in [2.75, 3.05) is 5.73 Å². The second-order valence-corrected chi connectivity index (χ2v) is 7.07. The molecule has 0 aromatic carbocycles. The largest absolute Gasteiger partial charge is 0.398 e. The standard InChI is InChI=1S/C14H18N2OS2/c1-8(2)13(11-5-4-6-18-11)16-14(17)12-7-10(15)9(3)19-12/h4-8,13H,15H2,1-3H3,(H,16,17). The summed E-state index contributed by atoms with van der Waals surface area (Å²) in [6.07, 6.45) is 0. The first-order valence-electron chi connectivity index (χ1n) is 6.19. The number of thiophene rings is 2. The van der Waals surface area contributed by atoms with Gasteiger partial charge in [0.25, 0.3) is 5.91 Å². The molecule has 2 aromatic rings. The third-order valence-electron chi connectivity index (χ3n) is 2.98. The molecule has 3 N–H and O–H groups in total. The second kappa shape index (κ2) is 5.75. The van der Waals surface area contributed by atoms with Crippen LogP contribution in [-0.2, 0) is 0 Å². The summed E-state index contributed by atoms with van der Waals surface area (Å²) in [4.78, 5) is 15.1. The van der Waals surface area contributed by atoms with E-state index in [4.69, 9.17) is 5.73 Å². The Morgan fingerprint density at radius 3 is 2.63 bits per heavy atom. The van der Waals surface area contributed by atoms with Gasteiger partial charge < -0.3 is 11.1 Å². The quantitative estimate of drug-likeness (QED) is 0.900. The van der Waals surface area contributed by atoms with Crippen LogP contribution < -0.4 is 11.1 Å². The summed E-state index contributed by atoms with van der Waals surface area (Å²) in [5.74, 6) is 0.304. The number of anilines is 1. The molecule has 0 bridgehead atoms. The van der Waals surface area contributed by atoms with E-state index in [-0.39, 0.29) is 11.9 Å². The molecule has 0 aliphatic rings. The Bertz CT molecular complexity index is 539. The van der Waals surface area contributed by atoms with Gasteiger partial charge in [-0.05, 0) is 30.4 Å². The number of rotatable bonds is 4. The molecule has 5 heteroatoms. The van der Waals surface area contributed by atoms with Crippen molar-refractivity contribution in [3.05, 3.63) is 38.2 Å². The molecular formula is C14H18N2OS2. The van der Waals surface area contributed by atoms with Gasteiger partial charge >= 0.3 is 0 Å².